The third kappa shape index (κ3) is 4.23. The van der Waals surface area contributed by atoms with E-state index in [0.29, 0.717) is 11.7 Å². The maximum Gasteiger partial charge on any atom is 0.265 e. The molecular weight excluding hydrogens is 400 g/mol. The monoisotopic (exact) mass is 422 g/mol. The fourth-order valence-electron chi connectivity index (χ4n) is 3.14. The van der Waals surface area contributed by atoms with E-state index in [1.54, 1.807) is 12.1 Å². The zero-order valence-electron chi connectivity index (χ0n) is 16.3. The Balaban J connectivity index is 1.74. The van der Waals surface area contributed by atoms with Gasteiger partial charge in [0.25, 0.3) is 10.0 Å². The van der Waals surface area contributed by atoms with Crippen molar-refractivity contribution in [1.29, 1.82) is 0 Å². The van der Waals surface area contributed by atoms with E-state index in [9.17, 15) is 8.42 Å². The first-order chi connectivity index (χ1) is 13.9. The summed E-state index contributed by atoms with van der Waals surface area (Å²) in [7, 11) is -3.69. The van der Waals surface area contributed by atoms with Crippen LogP contribution in [0.1, 0.15) is 21.9 Å². The second kappa shape index (κ2) is 8.05. The van der Waals surface area contributed by atoms with Gasteiger partial charge in [0, 0.05) is 0 Å². The number of aliphatic imine (C=N–C) groups is 1. The molecule has 0 radical (unpaired) electrons. The van der Waals surface area contributed by atoms with Crippen molar-refractivity contribution in [2.45, 2.75) is 24.0 Å². The van der Waals surface area contributed by atoms with Gasteiger partial charge < -0.3 is 0 Å². The number of aryl methyl sites for hydroxylation is 2. The van der Waals surface area contributed by atoms with Crippen LogP contribution in [0.25, 0.3) is 0 Å². The summed E-state index contributed by atoms with van der Waals surface area (Å²) in [4.78, 5) is 4.95. The molecule has 0 aliphatic carbocycles. The van der Waals surface area contributed by atoms with Gasteiger partial charge in [-0.25, -0.2) is 17.7 Å². The zero-order valence-corrected chi connectivity index (χ0v) is 18.0. The van der Waals surface area contributed by atoms with Gasteiger partial charge in [0.15, 0.2) is 5.17 Å². The molecule has 1 aliphatic rings. The standard InChI is InChI=1S/C23H22N2O2S2/c1-17-8-12-19(13-9-17)22-16-25(23(28-22)24-20-6-4-3-5-7-20)29(26,27)21-14-10-18(2)11-15-21/h3-15,22H,16H2,1-2H3/t22-/m0/s1. The number of para-hydroxylation sites is 1. The van der Waals surface area contributed by atoms with Crippen molar-refractivity contribution in [3.63, 3.8) is 0 Å². The van der Waals surface area contributed by atoms with Gasteiger partial charge in [-0.1, -0.05) is 77.5 Å². The van der Waals surface area contributed by atoms with Crippen molar-refractivity contribution in [3.8, 4) is 0 Å². The maximum absolute atomic E-state index is 13.4. The molecule has 29 heavy (non-hydrogen) atoms. The summed E-state index contributed by atoms with van der Waals surface area (Å²) in [6, 6.07) is 24.7. The van der Waals surface area contributed by atoms with Gasteiger partial charge in [0.05, 0.1) is 22.4 Å². The van der Waals surface area contributed by atoms with Gasteiger partial charge in [-0.3, -0.25) is 0 Å². The number of thioether (sulfide) groups is 1. The normalized spacial score (nSPS) is 18.3. The van der Waals surface area contributed by atoms with E-state index < -0.39 is 10.0 Å². The fourth-order valence-corrected chi connectivity index (χ4v) is 6.11. The molecule has 0 aromatic heterocycles. The molecule has 4 nitrogen and oxygen atoms in total. The molecule has 4 rings (SSSR count). The van der Waals surface area contributed by atoms with Gasteiger partial charge in [-0.2, -0.15) is 0 Å². The first kappa shape index (κ1) is 19.7. The van der Waals surface area contributed by atoms with E-state index in [1.165, 1.54) is 21.6 Å². The first-order valence-electron chi connectivity index (χ1n) is 9.40. The van der Waals surface area contributed by atoms with Gasteiger partial charge in [-0.05, 0) is 43.7 Å². The van der Waals surface area contributed by atoms with E-state index in [1.807, 2.05) is 56.3 Å². The molecule has 0 unspecified atom stereocenters. The lowest BCUT2D eigenvalue weighted by Crippen LogP contribution is -2.32. The van der Waals surface area contributed by atoms with Crippen LogP contribution in [0.2, 0.25) is 0 Å². The van der Waals surface area contributed by atoms with E-state index in [0.717, 1.165) is 16.8 Å². The van der Waals surface area contributed by atoms with Crippen molar-refractivity contribution in [2.24, 2.45) is 4.99 Å². The van der Waals surface area contributed by atoms with Crippen molar-refractivity contribution in [2.75, 3.05) is 6.54 Å². The Morgan fingerprint density at radius 1 is 0.862 bits per heavy atom. The Kier molecular flexibility index (Phi) is 5.48. The van der Waals surface area contributed by atoms with E-state index in [-0.39, 0.29) is 10.1 Å². The molecule has 3 aromatic carbocycles. The molecule has 1 fully saturated rings. The van der Waals surface area contributed by atoms with E-state index in [2.05, 4.69) is 29.3 Å². The van der Waals surface area contributed by atoms with Crippen LogP contribution in [0.15, 0.2) is 88.8 Å². The molecule has 1 heterocycles. The third-order valence-corrected chi connectivity index (χ3v) is 7.95. The third-order valence-electron chi connectivity index (χ3n) is 4.83. The van der Waals surface area contributed by atoms with Crippen LogP contribution < -0.4 is 0 Å². The molecule has 0 amide bonds. The highest BCUT2D eigenvalue weighted by atomic mass is 32.2. The number of sulfonamides is 1. The molecule has 0 spiro atoms. The average molecular weight is 423 g/mol. The van der Waals surface area contributed by atoms with Crippen molar-refractivity contribution in [3.05, 3.63) is 95.6 Å². The van der Waals surface area contributed by atoms with E-state index in [4.69, 9.17) is 0 Å². The fraction of sp³-hybridized carbons (Fsp3) is 0.174. The zero-order chi connectivity index (χ0) is 20.4. The minimum absolute atomic E-state index is 0.00159. The summed E-state index contributed by atoms with van der Waals surface area (Å²) in [6.45, 7) is 4.34. The Hall–Kier alpha value is -2.57. The van der Waals surface area contributed by atoms with Gasteiger partial charge in [-0.15, -0.1) is 0 Å². The predicted molar refractivity (Wildman–Crippen MR) is 120 cm³/mol. The van der Waals surface area contributed by atoms with Gasteiger partial charge >= 0.3 is 0 Å². The largest absolute Gasteiger partial charge is 0.265 e. The molecule has 1 atom stereocenters. The summed E-state index contributed by atoms with van der Waals surface area (Å²) < 4.78 is 28.3. The maximum atomic E-state index is 13.4. The molecule has 0 bridgehead atoms. The summed E-state index contributed by atoms with van der Waals surface area (Å²) in [6.07, 6.45) is 0. The summed E-state index contributed by atoms with van der Waals surface area (Å²) in [5, 5.41) is 0.501. The molecular formula is C23H22N2O2S2. The van der Waals surface area contributed by atoms with Crippen LogP contribution >= 0.6 is 11.8 Å². The second-order valence-corrected chi connectivity index (χ2v) is 10.1. The Labute approximate surface area is 176 Å². The Morgan fingerprint density at radius 2 is 1.45 bits per heavy atom. The van der Waals surface area contributed by atoms with Gasteiger partial charge in [0.1, 0.15) is 0 Å². The number of hydrogen-bond donors (Lipinski definition) is 0. The minimum Gasteiger partial charge on any atom is -0.243 e. The Morgan fingerprint density at radius 3 is 2.07 bits per heavy atom. The quantitative estimate of drug-likeness (QED) is 0.560. The number of rotatable bonds is 4. The second-order valence-electron chi connectivity index (χ2n) is 7.10. The number of amidine groups is 1. The van der Waals surface area contributed by atoms with Crippen LogP contribution in [0.4, 0.5) is 5.69 Å². The minimum atomic E-state index is -3.69. The molecule has 0 N–H and O–H groups in total. The summed E-state index contributed by atoms with van der Waals surface area (Å²) in [5.41, 5.74) is 4.04. The molecule has 1 aliphatic heterocycles. The smallest absolute Gasteiger partial charge is 0.243 e. The highest BCUT2D eigenvalue weighted by Crippen LogP contribution is 2.41. The van der Waals surface area contributed by atoms with Crippen molar-refractivity contribution < 1.29 is 8.42 Å². The molecule has 0 saturated carbocycles. The van der Waals surface area contributed by atoms with Crippen LogP contribution in [-0.4, -0.2) is 24.4 Å². The van der Waals surface area contributed by atoms with E-state index >= 15 is 0 Å². The predicted octanol–water partition coefficient (Wildman–Crippen LogP) is 5.47. The molecule has 6 heteroatoms. The molecule has 3 aromatic rings. The van der Waals surface area contributed by atoms with Crippen molar-refractivity contribution in [1.82, 2.24) is 4.31 Å². The molecule has 148 valence electrons. The highest BCUT2D eigenvalue weighted by Gasteiger charge is 2.38. The number of hydrogen-bond acceptors (Lipinski definition) is 4. The lowest BCUT2D eigenvalue weighted by molar-refractivity contribution is 0.529. The average Bonchev–Trinajstić information content (AvgIpc) is 3.14. The first-order valence-corrected chi connectivity index (χ1v) is 11.7. The Bertz CT molecular complexity index is 1120. The molecule has 1 saturated heterocycles. The SMILES string of the molecule is Cc1ccc([C@@H]2CN(S(=O)(=O)c3ccc(C)cc3)C(=Nc3ccccc3)S2)cc1. The van der Waals surface area contributed by atoms with Crippen LogP contribution in [0, 0.1) is 13.8 Å². The van der Waals surface area contributed by atoms with Crippen LogP contribution in [0.5, 0.6) is 0 Å². The van der Waals surface area contributed by atoms with Crippen LogP contribution in [0.3, 0.4) is 0 Å². The topological polar surface area (TPSA) is 49.7 Å². The van der Waals surface area contributed by atoms with Gasteiger partial charge in [0.2, 0.25) is 0 Å². The summed E-state index contributed by atoms with van der Waals surface area (Å²) >= 11 is 1.49. The van der Waals surface area contributed by atoms with Crippen molar-refractivity contribution >= 4 is 32.6 Å². The number of nitrogens with zero attached hydrogens (tertiary/aromatic N) is 2. The summed E-state index contributed by atoms with van der Waals surface area (Å²) in [5.74, 6) is 0. The highest BCUT2D eigenvalue weighted by molar-refractivity contribution is 8.15. The van der Waals surface area contributed by atoms with Crippen LogP contribution in [-0.2, 0) is 10.0 Å². The lowest BCUT2D eigenvalue weighted by atomic mass is 10.1. The number of benzene rings is 3. The lowest BCUT2D eigenvalue weighted by Gasteiger charge is -2.19.